The van der Waals surface area contributed by atoms with Crippen molar-refractivity contribution < 1.29 is 4.79 Å². The highest BCUT2D eigenvalue weighted by Gasteiger charge is 2.56. The molecule has 0 spiro atoms. The summed E-state index contributed by atoms with van der Waals surface area (Å²) in [5, 5.41) is 3.31. The van der Waals surface area contributed by atoms with E-state index >= 15 is 0 Å². The van der Waals surface area contributed by atoms with E-state index in [4.69, 9.17) is 0 Å². The fraction of sp³-hybridized carbons (Fsp3) is 0.957. The minimum absolute atomic E-state index is 0.284. The number of hydrogen-bond acceptors (Lipinski definition) is 1. The lowest BCUT2D eigenvalue weighted by atomic mass is 9.46. The van der Waals surface area contributed by atoms with Gasteiger partial charge in [0.05, 0.1) is 0 Å². The van der Waals surface area contributed by atoms with Crippen LogP contribution in [-0.4, -0.2) is 11.9 Å². The van der Waals surface area contributed by atoms with Gasteiger partial charge in [0.2, 0.25) is 5.91 Å². The molecule has 0 aromatic rings. The molecule has 1 aliphatic heterocycles. The first-order valence-corrected chi connectivity index (χ1v) is 11.1. The number of piperidine rings is 1. The molecule has 2 nitrogen and oxygen atoms in total. The summed E-state index contributed by atoms with van der Waals surface area (Å²) in [4.78, 5) is 11.8. The first-order chi connectivity index (χ1) is 11.8. The molecule has 3 rings (SSSR count). The molecule has 2 aliphatic carbocycles. The Morgan fingerprint density at radius 1 is 1.00 bits per heavy atom. The minimum atomic E-state index is 0.284. The van der Waals surface area contributed by atoms with E-state index < -0.39 is 0 Å². The number of fused-ring (bicyclic) bond motifs is 3. The van der Waals surface area contributed by atoms with Crippen LogP contribution < -0.4 is 5.32 Å². The molecule has 6 unspecified atom stereocenters. The first-order valence-electron chi connectivity index (χ1n) is 11.1. The smallest absolute Gasteiger partial charge is 0.220 e. The van der Waals surface area contributed by atoms with Gasteiger partial charge in [0.1, 0.15) is 0 Å². The topological polar surface area (TPSA) is 29.1 Å². The van der Waals surface area contributed by atoms with E-state index in [1.165, 1.54) is 25.7 Å². The van der Waals surface area contributed by atoms with Gasteiger partial charge in [0.15, 0.2) is 0 Å². The lowest BCUT2D eigenvalue weighted by Crippen LogP contribution is -2.61. The molecule has 1 amide bonds. The summed E-state index contributed by atoms with van der Waals surface area (Å²) < 4.78 is 0. The zero-order valence-electron chi connectivity index (χ0n) is 18.5. The highest BCUT2D eigenvalue weighted by atomic mass is 16.1. The third kappa shape index (κ3) is 3.93. The number of rotatable bonds is 1. The van der Waals surface area contributed by atoms with Crippen molar-refractivity contribution >= 4 is 5.91 Å². The van der Waals surface area contributed by atoms with Crippen LogP contribution in [0.1, 0.15) is 101 Å². The molecule has 3 fully saturated rings. The van der Waals surface area contributed by atoms with Crippen molar-refractivity contribution in [1.82, 2.24) is 5.32 Å². The average molecular weight is 352 g/mol. The minimum Gasteiger partial charge on any atom is -0.353 e. The molecule has 2 saturated carbocycles. The monoisotopic (exact) mass is 351 g/mol. The normalized spacial score (nSPS) is 42.7. The first kappa shape index (κ1) is 22.5. The summed E-state index contributed by atoms with van der Waals surface area (Å²) in [7, 11) is 0. The Morgan fingerprint density at radius 3 is 2.16 bits per heavy atom. The van der Waals surface area contributed by atoms with E-state index in [1.54, 1.807) is 0 Å². The van der Waals surface area contributed by atoms with Gasteiger partial charge < -0.3 is 5.32 Å². The maximum atomic E-state index is 11.8. The largest absolute Gasteiger partial charge is 0.353 e. The molecule has 1 heterocycles. The average Bonchev–Trinajstić information content (AvgIpc) is 2.62. The Bertz CT molecular complexity index is 432. The molecule has 3 aliphatic rings. The number of carbonyl (C=O) groups excluding carboxylic acids is 1. The maximum Gasteiger partial charge on any atom is 0.220 e. The molecular formula is C23H45NO. The number of nitrogens with one attached hydrogen (secondary N) is 1. The van der Waals surface area contributed by atoms with E-state index in [-0.39, 0.29) is 5.91 Å². The van der Waals surface area contributed by atoms with Crippen LogP contribution in [0.4, 0.5) is 0 Å². The second-order valence-electron chi connectivity index (χ2n) is 8.96. The van der Waals surface area contributed by atoms with Gasteiger partial charge in [-0.25, -0.2) is 0 Å². The number of amides is 1. The summed E-state index contributed by atoms with van der Waals surface area (Å²) in [5.41, 5.74) is 0.853. The lowest BCUT2D eigenvalue weighted by molar-refractivity contribution is -0.138. The standard InChI is InChI=1S/C19H33NO.2C2H6/c1-12(2)18(4)10-8-15-14(13(18)3)6-7-16-19(15,5)11-9-17(21)20-16;2*1-2/h12-16H,6-11H2,1-5H3,(H,20,21);2*1-2H3. The van der Waals surface area contributed by atoms with Crippen LogP contribution in [-0.2, 0) is 4.79 Å². The Kier molecular flexibility index (Phi) is 8.02. The zero-order valence-corrected chi connectivity index (χ0v) is 18.5. The maximum absolute atomic E-state index is 11.8. The lowest BCUT2D eigenvalue weighted by Gasteiger charge is -2.61. The highest BCUT2D eigenvalue weighted by Crippen LogP contribution is 2.61. The third-order valence-electron chi connectivity index (χ3n) is 8.17. The van der Waals surface area contributed by atoms with E-state index in [1.807, 2.05) is 27.7 Å². The zero-order chi connectivity index (χ0) is 19.4. The summed E-state index contributed by atoms with van der Waals surface area (Å²) >= 11 is 0. The van der Waals surface area contributed by atoms with Crippen molar-refractivity contribution in [3.63, 3.8) is 0 Å². The second-order valence-corrected chi connectivity index (χ2v) is 8.96. The fourth-order valence-electron chi connectivity index (χ4n) is 6.02. The van der Waals surface area contributed by atoms with Gasteiger partial charge in [0.25, 0.3) is 0 Å². The molecule has 2 heteroatoms. The van der Waals surface area contributed by atoms with Gasteiger partial charge >= 0.3 is 0 Å². The summed E-state index contributed by atoms with van der Waals surface area (Å²) in [6.07, 6.45) is 7.09. The summed E-state index contributed by atoms with van der Waals surface area (Å²) in [6.45, 7) is 20.3. The Hall–Kier alpha value is -0.530. The van der Waals surface area contributed by atoms with E-state index in [0.717, 1.165) is 36.5 Å². The highest BCUT2D eigenvalue weighted by molar-refractivity contribution is 5.77. The van der Waals surface area contributed by atoms with Crippen LogP contribution in [0.3, 0.4) is 0 Å². The van der Waals surface area contributed by atoms with Gasteiger partial charge in [-0.3, -0.25) is 4.79 Å². The summed E-state index contributed by atoms with van der Waals surface area (Å²) in [6, 6.07) is 0.440. The van der Waals surface area contributed by atoms with Crippen molar-refractivity contribution in [2.75, 3.05) is 0 Å². The second kappa shape index (κ2) is 8.91. The van der Waals surface area contributed by atoms with Crippen LogP contribution in [0, 0.1) is 34.5 Å². The van der Waals surface area contributed by atoms with E-state index in [9.17, 15) is 4.79 Å². The molecule has 6 atom stereocenters. The Labute approximate surface area is 157 Å². The van der Waals surface area contributed by atoms with Gasteiger partial charge in [-0.15, -0.1) is 0 Å². The molecule has 1 N–H and O–H groups in total. The molecule has 148 valence electrons. The van der Waals surface area contributed by atoms with Crippen LogP contribution in [0.2, 0.25) is 0 Å². The fourth-order valence-corrected chi connectivity index (χ4v) is 6.02. The van der Waals surface area contributed by atoms with Gasteiger partial charge in [-0.2, -0.15) is 0 Å². The number of hydrogen-bond donors (Lipinski definition) is 1. The van der Waals surface area contributed by atoms with Gasteiger partial charge in [-0.05, 0) is 66.6 Å². The van der Waals surface area contributed by atoms with Crippen LogP contribution in [0.25, 0.3) is 0 Å². The van der Waals surface area contributed by atoms with Crippen molar-refractivity contribution in [3.05, 3.63) is 0 Å². The Balaban J connectivity index is 0.000000730. The molecule has 0 aromatic heterocycles. The summed E-state index contributed by atoms with van der Waals surface area (Å²) in [5.74, 6) is 3.55. The molecule has 1 saturated heterocycles. The molecular weight excluding hydrogens is 306 g/mol. The van der Waals surface area contributed by atoms with Crippen molar-refractivity contribution in [3.8, 4) is 0 Å². The van der Waals surface area contributed by atoms with Crippen LogP contribution in [0.15, 0.2) is 0 Å². The molecule has 0 bridgehead atoms. The SMILES string of the molecule is CC.CC.CC(C)C1(C)CCC2C(CCC3NC(=O)CCC32C)C1C. The predicted octanol–water partition coefficient (Wildman–Crippen LogP) is 6.44. The van der Waals surface area contributed by atoms with Gasteiger partial charge in [0, 0.05) is 12.5 Å². The van der Waals surface area contributed by atoms with Crippen LogP contribution >= 0.6 is 0 Å². The molecule has 0 radical (unpaired) electrons. The predicted molar refractivity (Wildman–Crippen MR) is 110 cm³/mol. The van der Waals surface area contributed by atoms with E-state index in [0.29, 0.717) is 16.9 Å². The van der Waals surface area contributed by atoms with Crippen molar-refractivity contribution in [2.45, 2.75) is 107 Å². The van der Waals surface area contributed by atoms with Crippen molar-refractivity contribution in [2.24, 2.45) is 34.5 Å². The quantitative estimate of drug-likeness (QED) is 0.578. The van der Waals surface area contributed by atoms with Crippen LogP contribution in [0.5, 0.6) is 0 Å². The van der Waals surface area contributed by atoms with E-state index in [2.05, 4.69) is 39.9 Å². The third-order valence-corrected chi connectivity index (χ3v) is 8.17. The Morgan fingerprint density at radius 2 is 1.60 bits per heavy atom. The van der Waals surface area contributed by atoms with Crippen molar-refractivity contribution in [1.29, 1.82) is 0 Å². The van der Waals surface area contributed by atoms with Gasteiger partial charge in [-0.1, -0.05) is 62.3 Å². The number of carbonyl (C=O) groups is 1. The molecule has 25 heavy (non-hydrogen) atoms. The molecule has 0 aromatic carbocycles.